The zero-order valence-electron chi connectivity index (χ0n) is 22.1. The summed E-state index contributed by atoms with van der Waals surface area (Å²) in [4.78, 5) is 59.6. The molecule has 0 bridgehead atoms. The van der Waals surface area contributed by atoms with Gasteiger partial charge in [-0.15, -0.1) is 0 Å². The van der Waals surface area contributed by atoms with Gasteiger partial charge >= 0.3 is 24.1 Å². The van der Waals surface area contributed by atoms with E-state index in [1.165, 1.54) is 0 Å². The van der Waals surface area contributed by atoms with Crippen LogP contribution in [0, 0.1) is 5.92 Å². The maximum Gasteiger partial charge on any atom is 0.490 e. The normalized spacial score (nSPS) is 12.4. The molecule has 16 heteroatoms. The number of guanidine groups is 1. The van der Waals surface area contributed by atoms with Crippen LogP contribution in [0.1, 0.15) is 78.1 Å². The molecule has 0 aromatic heterocycles. The van der Waals surface area contributed by atoms with Crippen LogP contribution in [0.2, 0.25) is 0 Å². The molecule has 13 nitrogen and oxygen atoms in total. The topological polar surface area (TPSA) is 234 Å². The molecule has 0 aliphatic rings. The van der Waals surface area contributed by atoms with Gasteiger partial charge in [0.25, 0.3) is 0 Å². The summed E-state index contributed by atoms with van der Waals surface area (Å²) in [5.41, 5.74) is 10.5. The van der Waals surface area contributed by atoms with Crippen LogP contribution in [0.5, 0.6) is 0 Å². The summed E-state index contributed by atoms with van der Waals surface area (Å²) in [5.74, 6) is -6.76. The average Bonchev–Trinajstić information content (AvgIpc) is 2.79. The number of hydrogen-bond acceptors (Lipinski definition) is 6. The molecule has 0 heterocycles. The predicted molar refractivity (Wildman–Crippen MR) is 135 cm³/mol. The van der Waals surface area contributed by atoms with Gasteiger partial charge < -0.3 is 37.4 Å². The van der Waals surface area contributed by atoms with E-state index in [4.69, 9.17) is 26.5 Å². The zero-order chi connectivity index (χ0) is 30.6. The summed E-state index contributed by atoms with van der Waals surface area (Å²) >= 11 is 0. The van der Waals surface area contributed by atoms with Gasteiger partial charge in [0, 0.05) is 13.0 Å². The molecule has 0 rings (SSSR count). The number of hydrogen-bond donors (Lipinski definition) is 7. The van der Waals surface area contributed by atoms with Crippen LogP contribution in [0.25, 0.3) is 0 Å². The number of alkyl halides is 3. The number of aliphatic imine (C=N–C) groups is 1. The molecule has 0 spiro atoms. The summed E-state index contributed by atoms with van der Waals surface area (Å²) in [6.07, 6.45) is 2.19. The van der Waals surface area contributed by atoms with E-state index in [9.17, 15) is 37.5 Å². The number of nitrogens with one attached hydrogen (secondary N) is 2. The molecular formula is C23H40F3N5O8. The fourth-order valence-electron chi connectivity index (χ4n) is 3.08. The van der Waals surface area contributed by atoms with Crippen LogP contribution in [-0.4, -0.2) is 75.8 Å². The Morgan fingerprint density at radius 1 is 0.821 bits per heavy atom. The number of carboxylic acid groups (broad SMARTS) is 3. The van der Waals surface area contributed by atoms with Crippen molar-refractivity contribution in [2.45, 2.75) is 96.3 Å². The molecule has 0 saturated heterocycles. The molecule has 0 aliphatic heterocycles. The third-order valence-corrected chi connectivity index (χ3v) is 5.11. The summed E-state index contributed by atoms with van der Waals surface area (Å²) in [6, 6.07) is -2.48. The van der Waals surface area contributed by atoms with E-state index in [1.807, 2.05) is 0 Å². The van der Waals surface area contributed by atoms with Gasteiger partial charge in [0.1, 0.15) is 12.1 Å². The number of unbranched alkanes of at least 4 members (excludes halogenated alkanes) is 7. The van der Waals surface area contributed by atoms with Crippen LogP contribution in [0.4, 0.5) is 13.2 Å². The fraction of sp³-hybridized carbons (Fsp3) is 0.739. The first-order valence-corrected chi connectivity index (χ1v) is 12.4. The van der Waals surface area contributed by atoms with E-state index in [1.54, 1.807) is 13.8 Å². The standard InChI is InChI=1S/C21H39N5O6.C2HF3O2/c1-14(2)18(20(31)32)26-19(30)15(13-17(28)29)25-16(27)11-9-7-5-3-4-6-8-10-12-24-21(22)23;3-2(4,5)1(6)7/h14-15,18H,3-13H2,1-2H3,(H,25,27)(H,26,30)(H,28,29)(H,31,32)(H4,22,23,24);(H,6,7)/t15-,18-;/m0./s1. The summed E-state index contributed by atoms with van der Waals surface area (Å²) in [5, 5.41) is 30.1. The van der Waals surface area contributed by atoms with Gasteiger partial charge in [-0.1, -0.05) is 52.4 Å². The minimum absolute atomic E-state index is 0.115. The number of rotatable bonds is 18. The second-order valence-electron chi connectivity index (χ2n) is 8.97. The summed E-state index contributed by atoms with van der Waals surface area (Å²) in [7, 11) is 0. The highest BCUT2D eigenvalue weighted by atomic mass is 19.4. The van der Waals surface area contributed by atoms with Gasteiger partial charge in [-0.05, 0) is 18.8 Å². The second kappa shape index (κ2) is 20.4. The number of carbonyl (C=O) groups excluding carboxylic acids is 2. The number of aliphatic carboxylic acids is 3. The van der Waals surface area contributed by atoms with Crippen molar-refractivity contribution < 1.29 is 52.5 Å². The van der Waals surface area contributed by atoms with Crippen molar-refractivity contribution in [3.05, 3.63) is 0 Å². The van der Waals surface area contributed by atoms with Gasteiger partial charge in [0.05, 0.1) is 6.42 Å². The van der Waals surface area contributed by atoms with Crippen LogP contribution in [0.15, 0.2) is 4.99 Å². The highest BCUT2D eigenvalue weighted by Gasteiger charge is 2.38. The predicted octanol–water partition coefficient (Wildman–Crippen LogP) is 1.59. The molecule has 39 heavy (non-hydrogen) atoms. The lowest BCUT2D eigenvalue weighted by Crippen LogP contribution is -2.53. The zero-order valence-corrected chi connectivity index (χ0v) is 22.1. The lowest BCUT2D eigenvalue weighted by atomic mass is 10.0. The number of carboxylic acids is 3. The van der Waals surface area contributed by atoms with E-state index < -0.39 is 60.3 Å². The first-order valence-electron chi connectivity index (χ1n) is 12.4. The number of halogens is 3. The Bertz CT molecular complexity index is 818. The molecule has 0 aromatic rings. The van der Waals surface area contributed by atoms with Crippen molar-refractivity contribution in [1.82, 2.24) is 10.6 Å². The van der Waals surface area contributed by atoms with E-state index in [0.717, 1.165) is 44.9 Å². The molecule has 226 valence electrons. The average molecular weight is 572 g/mol. The number of amides is 2. The summed E-state index contributed by atoms with van der Waals surface area (Å²) < 4.78 is 31.7. The van der Waals surface area contributed by atoms with Crippen LogP contribution in [-0.2, 0) is 24.0 Å². The van der Waals surface area contributed by atoms with Gasteiger partial charge in [-0.25, -0.2) is 9.59 Å². The monoisotopic (exact) mass is 571 g/mol. The number of nitrogens with zero attached hydrogens (tertiary/aromatic N) is 1. The first-order chi connectivity index (χ1) is 18.0. The van der Waals surface area contributed by atoms with E-state index in [0.29, 0.717) is 13.0 Å². The van der Waals surface area contributed by atoms with Gasteiger partial charge in [0.15, 0.2) is 5.96 Å². The Balaban J connectivity index is 0. The van der Waals surface area contributed by atoms with Gasteiger partial charge in [0.2, 0.25) is 11.8 Å². The van der Waals surface area contributed by atoms with Crippen molar-refractivity contribution >= 4 is 35.7 Å². The molecule has 0 saturated carbocycles. The Hall–Kier alpha value is -3.59. The Morgan fingerprint density at radius 2 is 1.28 bits per heavy atom. The largest absolute Gasteiger partial charge is 0.490 e. The van der Waals surface area contributed by atoms with Crippen molar-refractivity contribution in [1.29, 1.82) is 0 Å². The lowest BCUT2D eigenvalue weighted by Gasteiger charge is -2.22. The second-order valence-corrected chi connectivity index (χ2v) is 8.97. The third-order valence-electron chi connectivity index (χ3n) is 5.11. The minimum atomic E-state index is -5.08. The van der Waals surface area contributed by atoms with Crippen molar-refractivity contribution in [2.24, 2.45) is 22.4 Å². The lowest BCUT2D eigenvalue weighted by molar-refractivity contribution is -0.192. The number of nitrogens with two attached hydrogens (primary N) is 2. The Morgan fingerprint density at radius 3 is 1.67 bits per heavy atom. The SMILES string of the molecule is CC(C)[C@H](NC(=O)[C@H](CC(=O)O)NC(=O)CCCCCCCCCCN=C(N)N)C(=O)O.O=C(O)C(F)(F)F. The number of carbonyl (C=O) groups is 5. The molecule has 9 N–H and O–H groups in total. The van der Waals surface area contributed by atoms with Crippen LogP contribution < -0.4 is 22.1 Å². The molecule has 0 unspecified atom stereocenters. The minimum Gasteiger partial charge on any atom is -0.481 e. The summed E-state index contributed by atoms with van der Waals surface area (Å²) in [6.45, 7) is 3.89. The highest BCUT2D eigenvalue weighted by Crippen LogP contribution is 2.13. The smallest absolute Gasteiger partial charge is 0.481 e. The molecule has 2 amide bonds. The molecule has 0 aromatic carbocycles. The van der Waals surface area contributed by atoms with Crippen LogP contribution in [0.3, 0.4) is 0 Å². The first kappa shape index (κ1) is 37.6. The molecule has 2 atom stereocenters. The molecule has 0 fully saturated rings. The van der Waals surface area contributed by atoms with E-state index in [2.05, 4.69) is 15.6 Å². The maximum absolute atomic E-state index is 12.3. The van der Waals surface area contributed by atoms with Crippen molar-refractivity contribution in [3.63, 3.8) is 0 Å². The van der Waals surface area contributed by atoms with Gasteiger partial charge in [-0.2, -0.15) is 13.2 Å². The third kappa shape index (κ3) is 22.1. The Labute approximate surface area is 224 Å². The molecule has 0 radical (unpaired) electrons. The molecular weight excluding hydrogens is 531 g/mol. The Kier molecular flexibility index (Phi) is 19.6. The maximum atomic E-state index is 12.3. The molecule has 0 aliphatic carbocycles. The van der Waals surface area contributed by atoms with Crippen LogP contribution >= 0.6 is 0 Å². The van der Waals surface area contributed by atoms with Crippen molar-refractivity contribution in [2.75, 3.05) is 6.54 Å². The van der Waals surface area contributed by atoms with Crippen molar-refractivity contribution in [3.8, 4) is 0 Å². The van der Waals surface area contributed by atoms with E-state index >= 15 is 0 Å². The highest BCUT2D eigenvalue weighted by molar-refractivity contribution is 5.92. The van der Waals surface area contributed by atoms with E-state index in [-0.39, 0.29) is 12.4 Å². The fourth-order valence-corrected chi connectivity index (χ4v) is 3.08. The van der Waals surface area contributed by atoms with Gasteiger partial charge in [-0.3, -0.25) is 19.4 Å². The quantitative estimate of drug-likeness (QED) is 0.0712.